The van der Waals surface area contributed by atoms with Gasteiger partial charge in [-0.2, -0.15) is 5.10 Å². The molecule has 0 atom stereocenters. The Bertz CT molecular complexity index is 792. The van der Waals surface area contributed by atoms with Crippen molar-refractivity contribution in [1.29, 1.82) is 0 Å². The van der Waals surface area contributed by atoms with Crippen molar-refractivity contribution in [3.8, 4) is 11.4 Å². The summed E-state index contributed by atoms with van der Waals surface area (Å²) < 4.78 is 1.64. The standard InChI is InChI=1S/C14H13N5OS/c1-9-12(21-8-16-9)14(20)17-11-5-3-4-10(6-11)13-15-7-19(2)18-13/h3-8H,1-2H3,(H,17,20). The number of benzene rings is 1. The Morgan fingerprint density at radius 2 is 2.19 bits per heavy atom. The second kappa shape index (κ2) is 5.45. The molecule has 0 unspecified atom stereocenters. The number of hydrogen-bond acceptors (Lipinski definition) is 5. The monoisotopic (exact) mass is 299 g/mol. The molecule has 1 aromatic carbocycles. The number of thiazole rings is 1. The van der Waals surface area contributed by atoms with Crippen LogP contribution in [-0.4, -0.2) is 25.7 Å². The summed E-state index contributed by atoms with van der Waals surface area (Å²) in [5.74, 6) is 0.476. The summed E-state index contributed by atoms with van der Waals surface area (Å²) in [6, 6.07) is 7.45. The van der Waals surface area contributed by atoms with Gasteiger partial charge in [-0.3, -0.25) is 9.48 Å². The number of aromatic nitrogens is 4. The van der Waals surface area contributed by atoms with Gasteiger partial charge < -0.3 is 5.32 Å². The average Bonchev–Trinajstić information content (AvgIpc) is 3.08. The summed E-state index contributed by atoms with van der Waals surface area (Å²) in [6.07, 6.45) is 1.64. The number of nitrogens with one attached hydrogen (secondary N) is 1. The zero-order valence-electron chi connectivity index (χ0n) is 11.6. The molecular formula is C14H13N5OS. The van der Waals surface area contributed by atoms with Crippen LogP contribution in [0.5, 0.6) is 0 Å². The molecule has 0 aliphatic carbocycles. The predicted octanol–water partition coefficient (Wildman–Crippen LogP) is 2.50. The minimum absolute atomic E-state index is 0.152. The highest BCUT2D eigenvalue weighted by atomic mass is 32.1. The number of anilines is 1. The zero-order valence-corrected chi connectivity index (χ0v) is 12.4. The van der Waals surface area contributed by atoms with Gasteiger partial charge in [0.1, 0.15) is 11.2 Å². The highest BCUT2D eigenvalue weighted by molar-refractivity contribution is 7.12. The van der Waals surface area contributed by atoms with Crippen LogP contribution < -0.4 is 5.32 Å². The normalized spacial score (nSPS) is 10.6. The van der Waals surface area contributed by atoms with E-state index in [2.05, 4.69) is 20.4 Å². The third-order valence-electron chi connectivity index (χ3n) is 2.93. The molecule has 1 amide bonds. The number of rotatable bonds is 3. The fraction of sp³-hybridized carbons (Fsp3) is 0.143. The first-order chi connectivity index (χ1) is 10.1. The summed E-state index contributed by atoms with van der Waals surface area (Å²) >= 11 is 1.33. The highest BCUT2D eigenvalue weighted by Gasteiger charge is 2.12. The van der Waals surface area contributed by atoms with Crippen molar-refractivity contribution in [3.63, 3.8) is 0 Å². The fourth-order valence-corrected chi connectivity index (χ4v) is 2.61. The Morgan fingerprint density at radius 1 is 1.33 bits per heavy atom. The van der Waals surface area contributed by atoms with E-state index in [0.29, 0.717) is 16.4 Å². The van der Waals surface area contributed by atoms with E-state index in [1.807, 2.05) is 38.2 Å². The summed E-state index contributed by atoms with van der Waals surface area (Å²) in [4.78, 5) is 21.1. The van der Waals surface area contributed by atoms with Crippen molar-refractivity contribution < 1.29 is 4.79 Å². The lowest BCUT2D eigenvalue weighted by atomic mass is 10.2. The molecule has 0 aliphatic heterocycles. The number of aryl methyl sites for hydroxylation is 2. The van der Waals surface area contributed by atoms with E-state index in [9.17, 15) is 4.79 Å². The molecule has 2 aromatic heterocycles. The van der Waals surface area contributed by atoms with E-state index >= 15 is 0 Å². The second-order valence-corrected chi connectivity index (χ2v) is 5.40. The summed E-state index contributed by atoms with van der Waals surface area (Å²) in [7, 11) is 1.81. The molecule has 0 saturated carbocycles. The van der Waals surface area contributed by atoms with Gasteiger partial charge in [0.2, 0.25) is 0 Å². The van der Waals surface area contributed by atoms with Crippen molar-refractivity contribution >= 4 is 22.9 Å². The third kappa shape index (κ3) is 2.82. The van der Waals surface area contributed by atoms with Gasteiger partial charge >= 0.3 is 0 Å². The van der Waals surface area contributed by atoms with Crippen LogP contribution in [0.1, 0.15) is 15.4 Å². The first-order valence-electron chi connectivity index (χ1n) is 6.31. The maximum Gasteiger partial charge on any atom is 0.267 e. The second-order valence-electron chi connectivity index (χ2n) is 4.54. The highest BCUT2D eigenvalue weighted by Crippen LogP contribution is 2.20. The van der Waals surface area contributed by atoms with E-state index in [1.165, 1.54) is 11.3 Å². The van der Waals surface area contributed by atoms with Gasteiger partial charge in [-0.25, -0.2) is 9.97 Å². The van der Waals surface area contributed by atoms with E-state index in [0.717, 1.165) is 11.3 Å². The Labute approximate surface area is 125 Å². The maximum atomic E-state index is 12.2. The molecule has 3 rings (SSSR count). The van der Waals surface area contributed by atoms with E-state index in [1.54, 1.807) is 16.5 Å². The van der Waals surface area contributed by atoms with Crippen LogP contribution in [0.2, 0.25) is 0 Å². The van der Waals surface area contributed by atoms with Gasteiger partial charge in [0.15, 0.2) is 5.82 Å². The van der Waals surface area contributed by atoms with Crippen LogP contribution in [0, 0.1) is 6.92 Å². The Morgan fingerprint density at radius 3 is 2.86 bits per heavy atom. The molecule has 0 fully saturated rings. The topological polar surface area (TPSA) is 72.7 Å². The molecule has 6 nitrogen and oxygen atoms in total. The molecule has 1 N–H and O–H groups in total. The van der Waals surface area contributed by atoms with Gasteiger partial charge in [-0.1, -0.05) is 12.1 Å². The van der Waals surface area contributed by atoms with Gasteiger partial charge in [-0.15, -0.1) is 11.3 Å². The van der Waals surface area contributed by atoms with Gasteiger partial charge in [0.05, 0.1) is 11.2 Å². The molecular weight excluding hydrogens is 286 g/mol. The van der Waals surface area contributed by atoms with Crippen molar-refractivity contribution in [2.75, 3.05) is 5.32 Å². The minimum atomic E-state index is -0.152. The first-order valence-corrected chi connectivity index (χ1v) is 7.19. The molecule has 0 bridgehead atoms. The molecule has 106 valence electrons. The molecule has 3 aromatic rings. The van der Waals surface area contributed by atoms with Crippen molar-refractivity contribution in [2.45, 2.75) is 6.92 Å². The van der Waals surface area contributed by atoms with Crippen LogP contribution in [0.25, 0.3) is 11.4 Å². The number of carbonyl (C=O) groups excluding carboxylic acids is 1. The predicted molar refractivity (Wildman–Crippen MR) is 81.2 cm³/mol. The average molecular weight is 299 g/mol. The van der Waals surface area contributed by atoms with Crippen molar-refractivity contribution in [1.82, 2.24) is 19.7 Å². The number of hydrogen-bond donors (Lipinski definition) is 1. The van der Waals surface area contributed by atoms with E-state index in [-0.39, 0.29) is 5.91 Å². The largest absolute Gasteiger partial charge is 0.321 e. The Balaban J connectivity index is 1.84. The quantitative estimate of drug-likeness (QED) is 0.806. The van der Waals surface area contributed by atoms with Crippen LogP contribution in [-0.2, 0) is 7.05 Å². The van der Waals surface area contributed by atoms with Crippen LogP contribution in [0.15, 0.2) is 36.1 Å². The Hall–Kier alpha value is -2.54. The Kier molecular flexibility index (Phi) is 3.49. The van der Waals surface area contributed by atoms with Gasteiger partial charge in [0, 0.05) is 18.3 Å². The van der Waals surface area contributed by atoms with E-state index in [4.69, 9.17) is 0 Å². The van der Waals surface area contributed by atoms with Crippen LogP contribution in [0.3, 0.4) is 0 Å². The van der Waals surface area contributed by atoms with Crippen molar-refractivity contribution in [2.24, 2.45) is 7.05 Å². The summed E-state index contributed by atoms with van der Waals surface area (Å²) in [6.45, 7) is 1.82. The molecule has 2 heterocycles. The number of carbonyl (C=O) groups is 1. The molecule has 21 heavy (non-hydrogen) atoms. The van der Waals surface area contributed by atoms with E-state index < -0.39 is 0 Å². The minimum Gasteiger partial charge on any atom is -0.321 e. The maximum absolute atomic E-state index is 12.2. The lowest BCUT2D eigenvalue weighted by Crippen LogP contribution is -2.11. The number of amides is 1. The van der Waals surface area contributed by atoms with Crippen LogP contribution in [0.4, 0.5) is 5.69 Å². The van der Waals surface area contributed by atoms with Crippen LogP contribution >= 0.6 is 11.3 Å². The lowest BCUT2D eigenvalue weighted by molar-refractivity contribution is 0.103. The molecule has 0 saturated heterocycles. The lowest BCUT2D eigenvalue weighted by Gasteiger charge is -2.05. The summed E-state index contributed by atoms with van der Waals surface area (Å²) in [5.41, 5.74) is 3.96. The molecule has 0 spiro atoms. The SMILES string of the molecule is Cc1ncsc1C(=O)Nc1cccc(-c2ncn(C)n2)c1. The number of nitrogens with zero attached hydrogens (tertiary/aromatic N) is 4. The van der Waals surface area contributed by atoms with Crippen molar-refractivity contribution in [3.05, 3.63) is 46.7 Å². The third-order valence-corrected chi connectivity index (χ3v) is 3.86. The van der Waals surface area contributed by atoms with Gasteiger partial charge in [0.25, 0.3) is 5.91 Å². The van der Waals surface area contributed by atoms with Gasteiger partial charge in [-0.05, 0) is 19.1 Å². The fourth-order valence-electron chi connectivity index (χ4n) is 1.92. The smallest absolute Gasteiger partial charge is 0.267 e. The molecule has 0 aliphatic rings. The molecule has 7 heteroatoms. The summed E-state index contributed by atoms with van der Waals surface area (Å²) in [5, 5.41) is 7.12. The first kappa shape index (κ1) is 13.4. The zero-order chi connectivity index (χ0) is 14.8. The molecule has 0 radical (unpaired) electrons.